The molecule has 0 spiro atoms. The van der Waals surface area contributed by atoms with Gasteiger partial charge < -0.3 is 9.64 Å². The van der Waals surface area contributed by atoms with Gasteiger partial charge in [-0.1, -0.05) is 12.1 Å². The van der Waals surface area contributed by atoms with Gasteiger partial charge in [0.2, 0.25) is 0 Å². The maximum Gasteiger partial charge on any atom is 0.325 e. The Morgan fingerprint density at radius 3 is 2.61 bits per heavy atom. The first-order valence-corrected chi connectivity index (χ1v) is 9.08. The fraction of sp³-hybridized carbons (Fsp3) is 0.238. The van der Waals surface area contributed by atoms with E-state index in [0.29, 0.717) is 24.4 Å². The molecule has 1 atom stereocenters. The first-order valence-electron chi connectivity index (χ1n) is 9.08. The molecule has 0 saturated carbocycles. The van der Waals surface area contributed by atoms with Crippen LogP contribution in [0.1, 0.15) is 18.5 Å². The number of ether oxygens (including phenoxy) is 1. The monoisotopic (exact) mass is 380 g/mol. The third kappa shape index (κ3) is 3.31. The molecule has 144 valence electrons. The third-order valence-corrected chi connectivity index (χ3v) is 5.13. The maximum atomic E-state index is 13.9. The lowest BCUT2D eigenvalue weighted by molar-refractivity contribution is 0.205. The smallest absolute Gasteiger partial charge is 0.325 e. The molecule has 1 aliphatic rings. The predicted octanol–water partition coefficient (Wildman–Crippen LogP) is 4.23. The molecule has 3 aromatic rings. The van der Waals surface area contributed by atoms with Crippen LogP contribution in [0.4, 0.5) is 14.9 Å². The first-order chi connectivity index (χ1) is 13.6. The number of rotatable bonds is 5. The topological polar surface area (TPSA) is 61.5 Å². The third-order valence-electron chi connectivity index (χ3n) is 5.13. The van der Waals surface area contributed by atoms with E-state index in [0.717, 1.165) is 16.8 Å². The number of nitrogens with one attached hydrogen (secondary N) is 1. The number of hydrogen-bond acceptors (Lipinski definition) is 3. The lowest BCUT2D eigenvalue weighted by Crippen LogP contribution is -2.33. The van der Waals surface area contributed by atoms with Crippen molar-refractivity contribution in [2.24, 2.45) is 0 Å². The Morgan fingerprint density at radius 1 is 1.14 bits per heavy atom. The van der Waals surface area contributed by atoms with Gasteiger partial charge in [0.25, 0.3) is 0 Å². The summed E-state index contributed by atoms with van der Waals surface area (Å²) in [4.78, 5) is 16.5. The SMILES string of the molecule is COc1cc(F)cc(C(C)N2CCN(c3ccc(-c4cn[nH]c4)cc3)C2=O)c1. The number of hydrogen-bond donors (Lipinski definition) is 1. The summed E-state index contributed by atoms with van der Waals surface area (Å²) in [6, 6.07) is 12.0. The molecular weight excluding hydrogens is 359 g/mol. The molecular formula is C21H21FN4O2. The molecule has 1 fully saturated rings. The quantitative estimate of drug-likeness (QED) is 0.721. The number of nitrogens with zero attached hydrogens (tertiary/aromatic N) is 3. The van der Waals surface area contributed by atoms with Gasteiger partial charge in [0, 0.05) is 36.6 Å². The number of methoxy groups -OCH3 is 1. The summed E-state index contributed by atoms with van der Waals surface area (Å²) >= 11 is 0. The van der Waals surface area contributed by atoms with Crippen molar-refractivity contribution in [2.45, 2.75) is 13.0 Å². The Morgan fingerprint density at radius 2 is 1.93 bits per heavy atom. The summed E-state index contributed by atoms with van der Waals surface area (Å²) in [5.41, 5.74) is 3.57. The van der Waals surface area contributed by atoms with E-state index < -0.39 is 0 Å². The number of aromatic nitrogens is 2. The number of carbonyl (C=O) groups is 1. The number of aromatic amines is 1. The Bertz CT molecular complexity index is 973. The van der Waals surface area contributed by atoms with Gasteiger partial charge in [0.1, 0.15) is 11.6 Å². The van der Waals surface area contributed by atoms with Crippen molar-refractivity contribution in [3.8, 4) is 16.9 Å². The van der Waals surface area contributed by atoms with Crippen molar-refractivity contribution in [2.75, 3.05) is 25.1 Å². The lowest BCUT2D eigenvalue weighted by Gasteiger charge is -2.25. The molecule has 1 N–H and O–H groups in total. The average molecular weight is 380 g/mol. The molecule has 2 aromatic carbocycles. The minimum absolute atomic E-state index is 0.0909. The van der Waals surface area contributed by atoms with Crippen LogP contribution in [-0.4, -0.2) is 41.3 Å². The molecule has 2 amide bonds. The van der Waals surface area contributed by atoms with Crippen LogP contribution in [0.2, 0.25) is 0 Å². The van der Waals surface area contributed by atoms with Crippen molar-refractivity contribution in [1.29, 1.82) is 0 Å². The van der Waals surface area contributed by atoms with Crippen LogP contribution < -0.4 is 9.64 Å². The summed E-state index contributed by atoms with van der Waals surface area (Å²) in [7, 11) is 1.50. The van der Waals surface area contributed by atoms with Crippen LogP contribution in [-0.2, 0) is 0 Å². The van der Waals surface area contributed by atoms with Gasteiger partial charge in [-0.2, -0.15) is 5.10 Å². The number of amides is 2. The fourth-order valence-electron chi connectivity index (χ4n) is 3.52. The number of benzene rings is 2. The van der Waals surface area contributed by atoms with Crippen LogP contribution in [0.3, 0.4) is 0 Å². The van der Waals surface area contributed by atoms with Crippen LogP contribution in [0, 0.1) is 5.82 Å². The molecule has 7 heteroatoms. The van der Waals surface area contributed by atoms with Gasteiger partial charge >= 0.3 is 6.03 Å². The maximum absolute atomic E-state index is 13.9. The average Bonchev–Trinajstić information content (AvgIpc) is 3.37. The van der Waals surface area contributed by atoms with Crippen LogP contribution in [0.25, 0.3) is 11.1 Å². The first kappa shape index (κ1) is 18.0. The Hall–Kier alpha value is -3.35. The predicted molar refractivity (Wildman–Crippen MR) is 105 cm³/mol. The molecule has 2 heterocycles. The largest absolute Gasteiger partial charge is 0.497 e. The van der Waals surface area contributed by atoms with Crippen molar-refractivity contribution in [3.63, 3.8) is 0 Å². The van der Waals surface area contributed by atoms with Gasteiger partial charge in [0.05, 0.1) is 19.3 Å². The highest BCUT2D eigenvalue weighted by Gasteiger charge is 2.33. The molecule has 0 radical (unpaired) electrons. The fourth-order valence-corrected chi connectivity index (χ4v) is 3.52. The van der Waals surface area contributed by atoms with Crippen molar-refractivity contribution < 1.29 is 13.9 Å². The standard InChI is InChI=1S/C21H21FN4O2/c1-14(16-9-18(22)11-20(10-16)28-2)25-7-8-26(21(25)27)19-5-3-15(4-6-19)17-12-23-24-13-17/h3-6,9-14H,7-8H2,1-2H3,(H,23,24). The van der Waals surface area contributed by atoms with E-state index in [9.17, 15) is 9.18 Å². The molecule has 1 aromatic heterocycles. The zero-order chi connectivity index (χ0) is 19.7. The highest BCUT2D eigenvalue weighted by Crippen LogP contribution is 2.31. The lowest BCUT2D eigenvalue weighted by atomic mass is 10.1. The normalized spacial score (nSPS) is 15.2. The summed E-state index contributed by atoms with van der Waals surface area (Å²) in [5, 5.41) is 6.75. The Labute approximate surface area is 162 Å². The number of halogens is 1. The van der Waals surface area contributed by atoms with Crippen LogP contribution in [0.15, 0.2) is 54.9 Å². The second kappa shape index (κ2) is 7.34. The number of H-pyrrole nitrogens is 1. The van der Waals surface area contributed by atoms with E-state index in [4.69, 9.17) is 4.74 Å². The minimum Gasteiger partial charge on any atom is -0.497 e. The second-order valence-corrected chi connectivity index (χ2v) is 6.76. The van der Waals surface area contributed by atoms with E-state index in [-0.39, 0.29) is 17.9 Å². The van der Waals surface area contributed by atoms with E-state index in [1.807, 2.05) is 37.4 Å². The summed E-state index contributed by atoms with van der Waals surface area (Å²) in [6.07, 6.45) is 3.58. The van der Waals surface area contributed by atoms with Gasteiger partial charge in [-0.05, 0) is 42.3 Å². The Balaban J connectivity index is 1.52. The molecule has 4 rings (SSSR count). The number of carbonyl (C=O) groups excluding carboxylic acids is 1. The molecule has 6 nitrogen and oxygen atoms in total. The summed E-state index contributed by atoms with van der Waals surface area (Å²) < 4.78 is 19.0. The summed E-state index contributed by atoms with van der Waals surface area (Å²) in [6.45, 7) is 3.06. The zero-order valence-electron chi connectivity index (χ0n) is 15.7. The highest BCUT2D eigenvalue weighted by molar-refractivity contribution is 5.94. The van der Waals surface area contributed by atoms with Gasteiger partial charge in [-0.3, -0.25) is 10.00 Å². The zero-order valence-corrected chi connectivity index (χ0v) is 15.7. The molecule has 28 heavy (non-hydrogen) atoms. The minimum atomic E-state index is -0.375. The number of anilines is 1. The van der Waals surface area contributed by atoms with Gasteiger partial charge in [-0.25, -0.2) is 9.18 Å². The van der Waals surface area contributed by atoms with E-state index >= 15 is 0 Å². The van der Waals surface area contributed by atoms with Gasteiger partial charge in [0.15, 0.2) is 0 Å². The highest BCUT2D eigenvalue weighted by atomic mass is 19.1. The molecule has 0 bridgehead atoms. The molecule has 0 aliphatic carbocycles. The second-order valence-electron chi connectivity index (χ2n) is 6.76. The van der Waals surface area contributed by atoms with Crippen LogP contribution in [0.5, 0.6) is 5.75 Å². The van der Waals surface area contributed by atoms with Gasteiger partial charge in [-0.15, -0.1) is 0 Å². The van der Waals surface area contributed by atoms with E-state index in [1.165, 1.54) is 19.2 Å². The van der Waals surface area contributed by atoms with Crippen molar-refractivity contribution >= 4 is 11.7 Å². The van der Waals surface area contributed by atoms with Crippen molar-refractivity contribution in [1.82, 2.24) is 15.1 Å². The van der Waals surface area contributed by atoms with Crippen molar-refractivity contribution in [3.05, 3.63) is 66.2 Å². The Kier molecular flexibility index (Phi) is 4.73. The summed E-state index contributed by atoms with van der Waals surface area (Å²) in [5.74, 6) is 0.0692. The molecule has 1 saturated heterocycles. The van der Waals surface area contributed by atoms with Crippen LogP contribution >= 0.6 is 0 Å². The molecule has 1 aliphatic heterocycles. The van der Waals surface area contributed by atoms with E-state index in [1.54, 1.807) is 22.1 Å². The molecule has 1 unspecified atom stereocenters. The van der Waals surface area contributed by atoms with E-state index in [2.05, 4.69) is 10.2 Å². The number of urea groups is 1.